The molecule has 1 heterocycles. The molecule has 0 atom stereocenters. The molecule has 1 aromatic carbocycles. The number of benzene rings is 1. The second-order valence-corrected chi connectivity index (χ2v) is 5.23. The van der Waals surface area contributed by atoms with Gasteiger partial charge in [0.15, 0.2) is 0 Å². The molecule has 2 aromatic rings. The van der Waals surface area contributed by atoms with Gasteiger partial charge in [0.1, 0.15) is 10.8 Å². The average molecular weight is 262 g/mol. The van der Waals surface area contributed by atoms with E-state index in [-0.39, 0.29) is 0 Å². The van der Waals surface area contributed by atoms with Crippen LogP contribution in [0.5, 0.6) is 5.75 Å². The van der Waals surface area contributed by atoms with Gasteiger partial charge >= 0.3 is 0 Å². The number of ether oxygens (including phenoxy) is 1. The first-order valence-corrected chi connectivity index (χ1v) is 6.90. The normalized spacial score (nSPS) is 10.6. The maximum absolute atomic E-state index is 5.20. The van der Waals surface area contributed by atoms with Crippen molar-refractivity contribution < 1.29 is 4.74 Å². The van der Waals surface area contributed by atoms with Gasteiger partial charge in [0.05, 0.1) is 7.11 Å². The van der Waals surface area contributed by atoms with Gasteiger partial charge in [-0.25, -0.2) is 4.98 Å². The van der Waals surface area contributed by atoms with E-state index in [4.69, 9.17) is 4.74 Å². The van der Waals surface area contributed by atoms with Gasteiger partial charge in [-0.1, -0.05) is 19.1 Å². The summed E-state index contributed by atoms with van der Waals surface area (Å²) in [6.07, 6.45) is 3.03. The Labute approximate surface area is 112 Å². The van der Waals surface area contributed by atoms with E-state index < -0.39 is 0 Å². The summed E-state index contributed by atoms with van der Waals surface area (Å²) >= 11 is 1.78. The summed E-state index contributed by atoms with van der Waals surface area (Å²) in [4.78, 5) is 5.72. The minimum absolute atomic E-state index is 0.821. The first-order chi connectivity index (χ1) is 8.81. The van der Waals surface area contributed by atoms with E-state index in [0.717, 1.165) is 30.3 Å². The second-order valence-electron chi connectivity index (χ2n) is 4.03. The topological polar surface area (TPSA) is 34.2 Å². The zero-order valence-electron chi connectivity index (χ0n) is 10.8. The third kappa shape index (κ3) is 3.55. The molecule has 0 unspecified atom stereocenters. The van der Waals surface area contributed by atoms with Crippen LogP contribution in [-0.4, -0.2) is 12.1 Å². The van der Waals surface area contributed by atoms with Gasteiger partial charge in [-0.2, -0.15) is 0 Å². The highest BCUT2D eigenvalue weighted by atomic mass is 32.1. The van der Waals surface area contributed by atoms with Crippen molar-refractivity contribution in [2.24, 2.45) is 0 Å². The molecule has 1 aromatic heterocycles. The van der Waals surface area contributed by atoms with Crippen molar-refractivity contribution in [3.8, 4) is 5.75 Å². The number of aromatic nitrogens is 1. The number of aryl methyl sites for hydroxylation is 1. The fraction of sp³-hybridized carbons (Fsp3) is 0.357. The third-order valence-corrected chi connectivity index (χ3v) is 3.83. The Bertz CT molecular complexity index is 496. The van der Waals surface area contributed by atoms with Gasteiger partial charge < -0.3 is 10.1 Å². The largest absolute Gasteiger partial charge is 0.497 e. The SMILES string of the molecule is CCc1cnc(CNCc2cccc(OC)c2)s1. The van der Waals surface area contributed by atoms with Crippen molar-refractivity contribution in [2.75, 3.05) is 7.11 Å². The Kier molecular flexibility index (Phi) is 4.73. The number of methoxy groups -OCH3 is 1. The molecule has 0 radical (unpaired) electrons. The highest BCUT2D eigenvalue weighted by Crippen LogP contribution is 2.14. The molecule has 2 rings (SSSR count). The van der Waals surface area contributed by atoms with E-state index in [1.165, 1.54) is 10.4 Å². The number of nitrogens with zero attached hydrogens (tertiary/aromatic N) is 1. The molecule has 96 valence electrons. The van der Waals surface area contributed by atoms with E-state index in [1.54, 1.807) is 18.4 Å². The zero-order chi connectivity index (χ0) is 12.8. The Balaban J connectivity index is 1.84. The summed E-state index contributed by atoms with van der Waals surface area (Å²) < 4.78 is 5.20. The molecule has 18 heavy (non-hydrogen) atoms. The van der Waals surface area contributed by atoms with Crippen molar-refractivity contribution in [3.63, 3.8) is 0 Å². The first kappa shape index (κ1) is 13.1. The molecule has 0 aliphatic heterocycles. The number of rotatable bonds is 6. The fourth-order valence-electron chi connectivity index (χ4n) is 1.69. The van der Waals surface area contributed by atoms with Crippen LogP contribution >= 0.6 is 11.3 Å². The van der Waals surface area contributed by atoms with Crippen LogP contribution in [0.4, 0.5) is 0 Å². The maximum Gasteiger partial charge on any atom is 0.119 e. The van der Waals surface area contributed by atoms with Gasteiger partial charge in [0.2, 0.25) is 0 Å². The van der Waals surface area contributed by atoms with Crippen molar-refractivity contribution >= 4 is 11.3 Å². The lowest BCUT2D eigenvalue weighted by Gasteiger charge is -2.05. The summed E-state index contributed by atoms with van der Waals surface area (Å²) in [6, 6.07) is 8.10. The van der Waals surface area contributed by atoms with Crippen molar-refractivity contribution in [3.05, 3.63) is 45.9 Å². The molecule has 0 aliphatic rings. The monoisotopic (exact) mass is 262 g/mol. The molecule has 0 aliphatic carbocycles. The minimum atomic E-state index is 0.821. The molecule has 0 amide bonds. The van der Waals surface area contributed by atoms with Crippen LogP contribution in [-0.2, 0) is 19.5 Å². The lowest BCUT2D eigenvalue weighted by molar-refractivity contribution is 0.414. The molecule has 1 N–H and O–H groups in total. The molecular formula is C14H18N2OS. The molecule has 0 fully saturated rings. The van der Waals surface area contributed by atoms with E-state index >= 15 is 0 Å². The Morgan fingerprint density at radius 1 is 1.33 bits per heavy atom. The van der Waals surface area contributed by atoms with Crippen LogP contribution in [0.15, 0.2) is 30.5 Å². The van der Waals surface area contributed by atoms with Crippen LogP contribution in [0.2, 0.25) is 0 Å². The predicted octanol–water partition coefficient (Wildman–Crippen LogP) is 3.00. The lowest BCUT2D eigenvalue weighted by atomic mass is 10.2. The number of thiazole rings is 1. The molecule has 3 nitrogen and oxygen atoms in total. The first-order valence-electron chi connectivity index (χ1n) is 6.09. The maximum atomic E-state index is 5.20. The zero-order valence-corrected chi connectivity index (χ0v) is 11.6. The molecule has 0 bridgehead atoms. The van der Waals surface area contributed by atoms with Crippen molar-refractivity contribution in [1.29, 1.82) is 0 Å². The Morgan fingerprint density at radius 3 is 2.94 bits per heavy atom. The number of nitrogens with one attached hydrogen (secondary N) is 1. The fourth-order valence-corrected chi connectivity index (χ4v) is 2.52. The third-order valence-electron chi connectivity index (χ3n) is 2.69. The van der Waals surface area contributed by atoms with E-state index in [2.05, 4.69) is 23.3 Å². The van der Waals surface area contributed by atoms with Gasteiger partial charge in [-0.15, -0.1) is 11.3 Å². The van der Waals surface area contributed by atoms with Crippen LogP contribution in [0.3, 0.4) is 0 Å². The highest BCUT2D eigenvalue weighted by Gasteiger charge is 2.00. The van der Waals surface area contributed by atoms with Gasteiger partial charge in [-0.05, 0) is 24.1 Å². The second kappa shape index (κ2) is 6.52. The van der Waals surface area contributed by atoms with E-state index in [9.17, 15) is 0 Å². The quantitative estimate of drug-likeness (QED) is 0.869. The van der Waals surface area contributed by atoms with Crippen LogP contribution in [0.25, 0.3) is 0 Å². The Hall–Kier alpha value is -1.39. The summed E-state index contributed by atoms with van der Waals surface area (Å²) in [5.74, 6) is 0.900. The van der Waals surface area contributed by atoms with E-state index in [1.807, 2.05) is 24.4 Å². The van der Waals surface area contributed by atoms with Gasteiger partial charge in [-0.3, -0.25) is 0 Å². The number of hydrogen-bond acceptors (Lipinski definition) is 4. The standard InChI is InChI=1S/C14H18N2OS/c1-3-13-9-16-14(18-13)10-15-8-11-5-4-6-12(7-11)17-2/h4-7,9,15H,3,8,10H2,1-2H3. The molecular weight excluding hydrogens is 244 g/mol. The van der Waals surface area contributed by atoms with Crippen LogP contribution < -0.4 is 10.1 Å². The highest BCUT2D eigenvalue weighted by molar-refractivity contribution is 7.11. The molecule has 0 saturated heterocycles. The summed E-state index contributed by atoms with van der Waals surface area (Å²) in [5.41, 5.74) is 1.22. The lowest BCUT2D eigenvalue weighted by Crippen LogP contribution is -2.12. The smallest absolute Gasteiger partial charge is 0.119 e. The van der Waals surface area contributed by atoms with Gasteiger partial charge in [0, 0.05) is 24.2 Å². The molecule has 4 heteroatoms. The predicted molar refractivity (Wildman–Crippen MR) is 75.0 cm³/mol. The molecule has 0 saturated carbocycles. The summed E-state index contributed by atoms with van der Waals surface area (Å²) in [7, 11) is 1.69. The van der Waals surface area contributed by atoms with Crippen molar-refractivity contribution in [1.82, 2.24) is 10.3 Å². The van der Waals surface area contributed by atoms with Gasteiger partial charge in [0.25, 0.3) is 0 Å². The summed E-state index contributed by atoms with van der Waals surface area (Å²) in [5, 5.41) is 4.55. The van der Waals surface area contributed by atoms with Crippen LogP contribution in [0.1, 0.15) is 22.4 Å². The number of hydrogen-bond donors (Lipinski definition) is 1. The minimum Gasteiger partial charge on any atom is -0.497 e. The summed E-state index contributed by atoms with van der Waals surface area (Å²) in [6.45, 7) is 3.81. The molecule has 0 spiro atoms. The van der Waals surface area contributed by atoms with Crippen LogP contribution in [0, 0.1) is 0 Å². The average Bonchev–Trinajstić information content (AvgIpc) is 2.87. The van der Waals surface area contributed by atoms with Crippen molar-refractivity contribution in [2.45, 2.75) is 26.4 Å². The van der Waals surface area contributed by atoms with E-state index in [0.29, 0.717) is 0 Å². The Morgan fingerprint density at radius 2 is 2.22 bits per heavy atom.